The second-order valence-corrected chi connectivity index (χ2v) is 4.99. The highest BCUT2D eigenvalue weighted by atomic mass is 16.1. The molecule has 1 heterocycles. The van der Waals surface area contributed by atoms with Crippen LogP contribution in [0, 0.1) is 11.3 Å². The van der Waals surface area contributed by atoms with Crippen molar-refractivity contribution in [2.75, 3.05) is 0 Å². The van der Waals surface area contributed by atoms with Crippen LogP contribution in [0.5, 0.6) is 0 Å². The number of hydrogen-bond donors (Lipinski definition) is 2. The fraction of sp³-hybridized carbons (Fsp3) is 0.167. The van der Waals surface area contributed by atoms with Gasteiger partial charge in [-0.3, -0.25) is 9.78 Å². The van der Waals surface area contributed by atoms with Crippen LogP contribution in [0.25, 0.3) is 0 Å². The van der Waals surface area contributed by atoms with E-state index in [2.05, 4.69) is 15.6 Å². The molecule has 0 radical (unpaired) electrons. The third-order valence-corrected chi connectivity index (χ3v) is 3.29. The molecule has 0 saturated carbocycles. The van der Waals surface area contributed by atoms with Crippen molar-refractivity contribution in [2.24, 2.45) is 0 Å². The van der Waals surface area contributed by atoms with Gasteiger partial charge in [0.1, 0.15) is 11.6 Å². The lowest BCUT2D eigenvalue weighted by molar-refractivity contribution is -0.117. The first-order chi connectivity index (χ1) is 11.2. The lowest BCUT2D eigenvalue weighted by atomic mass is 10.2. The van der Waals surface area contributed by atoms with Crippen LogP contribution in [0.1, 0.15) is 18.1 Å². The summed E-state index contributed by atoms with van der Waals surface area (Å²) in [5, 5.41) is 15.1. The largest absolute Gasteiger partial charge is 0.383 e. The van der Waals surface area contributed by atoms with Crippen LogP contribution in [0.4, 0.5) is 0 Å². The van der Waals surface area contributed by atoms with Gasteiger partial charge in [-0.05, 0) is 24.1 Å². The Kier molecular flexibility index (Phi) is 5.89. The fourth-order valence-electron chi connectivity index (χ4n) is 2.00. The van der Waals surface area contributed by atoms with Crippen molar-refractivity contribution in [1.29, 1.82) is 5.26 Å². The Morgan fingerprint density at radius 2 is 1.78 bits per heavy atom. The molecule has 0 bridgehead atoms. The van der Waals surface area contributed by atoms with Gasteiger partial charge in [-0.15, -0.1) is 0 Å². The quantitative estimate of drug-likeness (QED) is 0.634. The number of carbonyl (C=O) groups excluding carboxylic acids is 1. The van der Waals surface area contributed by atoms with Crippen LogP contribution in [-0.4, -0.2) is 10.9 Å². The zero-order valence-corrected chi connectivity index (χ0v) is 12.9. The maximum atomic E-state index is 12.2. The minimum atomic E-state index is -0.382. The van der Waals surface area contributed by atoms with Crippen LogP contribution in [-0.2, 0) is 17.9 Å². The van der Waals surface area contributed by atoms with E-state index in [1.807, 2.05) is 48.5 Å². The maximum absolute atomic E-state index is 12.2. The van der Waals surface area contributed by atoms with Crippen LogP contribution in [0.3, 0.4) is 0 Å². The molecule has 116 valence electrons. The van der Waals surface area contributed by atoms with E-state index < -0.39 is 0 Å². The summed E-state index contributed by atoms with van der Waals surface area (Å²) in [7, 11) is 0. The van der Waals surface area contributed by atoms with Crippen molar-refractivity contribution in [1.82, 2.24) is 15.6 Å². The summed E-state index contributed by atoms with van der Waals surface area (Å²) < 4.78 is 0. The number of allylic oxidation sites excluding steroid dienone is 1. The van der Waals surface area contributed by atoms with E-state index in [-0.39, 0.29) is 11.5 Å². The van der Waals surface area contributed by atoms with E-state index in [1.165, 1.54) is 0 Å². The molecule has 2 rings (SSSR count). The Morgan fingerprint density at radius 1 is 1.09 bits per heavy atom. The van der Waals surface area contributed by atoms with E-state index in [0.717, 1.165) is 11.1 Å². The minimum absolute atomic E-state index is 0.0878. The summed E-state index contributed by atoms with van der Waals surface area (Å²) in [5.41, 5.74) is 2.60. The molecule has 0 fully saturated rings. The molecule has 2 N–H and O–H groups in total. The first-order valence-corrected chi connectivity index (χ1v) is 7.26. The molecule has 1 amide bonds. The monoisotopic (exact) mass is 306 g/mol. The number of hydrogen-bond acceptors (Lipinski definition) is 4. The van der Waals surface area contributed by atoms with Crippen molar-refractivity contribution < 1.29 is 4.79 Å². The molecule has 0 unspecified atom stereocenters. The van der Waals surface area contributed by atoms with Crippen molar-refractivity contribution >= 4 is 5.91 Å². The Bertz CT molecular complexity index is 718. The van der Waals surface area contributed by atoms with Crippen LogP contribution in [0.2, 0.25) is 0 Å². The summed E-state index contributed by atoms with van der Waals surface area (Å²) >= 11 is 0. The van der Waals surface area contributed by atoms with Crippen molar-refractivity contribution in [3.05, 3.63) is 77.3 Å². The Labute approximate surface area is 135 Å². The highest BCUT2D eigenvalue weighted by Gasteiger charge is 2.12. The van der Waals surface area contributed by atoms with Crippen LogP contribution >= 0.6 is 0 Å². The van der Waals surface area contributed by atoms with Crippen LogP contribution < -0.4 is 10.6 Å². The molecule has 5 nitrogen and oxygen atoms in total. The number of carbonyl (C=O) groups is 1. The standard InChI is InChI=1S/C18H18N4O/c1-14(21-13-16-8-5-9-20-11-16)17(10-19)18(23)22-12-15-6-3-2-4-7-15/h2-9,11,21H,12-13H2,1H3,(H,22,23)/b17-14-. The summed E-state index contributed by atoms with van der Waals surface area (Å²) in [5.74, 6) is -0.382. The topological polar surface area (TPSA) is 77.8 Å². The molecule has 2 aromatic rings. The van der Waals surface area contributed by atoms with Gasteiger partial charge in [0.25, 0.3) is 5.91 Å². The normalized spacial score (nSPS) is 11.1. The SMILES string of the molecule is C/C(NCc1cccnc1)=C(\C#N)C(=O)NCc1ccccc1. The molecule has 1 aromatic heterocycles. The third-order valence-electron chi connectivity index (χ3n) is 3.29. The highest BCUT2D eigenvalue weighted by Crippen LogP contribution is 2.04. The van der Waals surface area contributed by atoms with E-state index in [9.17, 15) is 10.1 Å². The first kappa shape index (κ1) is 16.2. The maximum Gasteiger partial charge on any atom is 0.263 e. The zero-order valence-electron chi connectivity index (χ0n) is 12.9. The summed E-state index contributed by atoms with van der Waals surface area (Å²) in [6.45, 7) is 2.62. The third kappa shape index (κ3) is 4.97. The molecule has 0 aliphatic rings. The molecule has 0 aliphatic heterocycles. The number of aromatic nitrogens is 1. The lowest BCUT2D eigenvalue weighted by Gasteiger charge is -2.10. The Hall–Kier alpha value is -3.13. The first-order valence-electron chi connectivity index (χ1n) is 7.26. The van der Waals surface area contributed by atoms with Gasteiger partial charge >= 0.3 is 0 Å². The van der Waals surface area contributed by atoms with Gasteiger partial charge in [0.05, 0.1) is 0 Å². The molecule has 5 heteroatoms. The summed E-state index contributed by atoms with van der Waals surface area (Å²) in [6.07, 6.45) is 3.44. The van der Waals surface area contributed by atoms with Gasteiger partial charge in [-0.1, -0.05) is 36.4 Å². The molecule has 0 spiro atoms. The average molecular weight is 306 g/mol. The number of nitrogens with zero attached hydrogens (tertiary/aromatic N) is 2. The molecule has 0 atom stereocenters. The van der Waals surface area contributed by atoms with E-state index in [0.29, 0.717) is 18.8 Å². The van der Waals surface area contributed by atoms with Crippen LogP contribution in [0.15, 0.2) is 66.1 Å². The second kappa shape index (κ2) is 8.35. The predicted octanol–water partition coefficient (Wildman–Crippen LogP) is 2.29. The van der Waals surface area contributed by atoms with Gasteiger partial charge in [0.2, 0.25) is 0 Å². The minimum Gasteiger partial charge on any atom is -0.383 e. The van der Waals surface area contributed by atoms with E-state index in [4.69, 9.17) is 0 Å². The number of pyridine rings is 1. The predicted molar refractivity (Wildman–Crippen MR) is 87.7 cm³/mol. The molecule has 0 aliphatic carbocycles. The number of nitrogens with one attached hydrogen (secondary N) is 2. The average Bonchev–Trinajstić information content (AvgIpc) is 2.60. The number of amides is 1. The van der Waals surface area contributed by atoms with Gasteiger partial charge in [0, 0.05) is 31.2 Å². The van der Waals surface area contributed by atoms with Crippen molar-refractivity contribution in [3.63, 3.8) is 0 Å². The highest BCUT2D eigenvalue weighted by molar-refractivity contribution is 5.97. The number of benzene rings is 1. The lowest BCUT2D eigenvalue weighted by Crippen LogP contribution is -2.27. The Balaban J connectivity index is 1.96. The molecular formula is C18H18N4O. The van der Waals surface area contributed by atoms with Gasteiger partial charge in [-0.25, -0.2) is 0 Å². The fourth-order valence-corrected chi connectivity index (χ4v) is 2.00. The second-order valence-electron chi connectivity index (χ2n) is 4.99. The summed E-state index contributed by atoms with van der Waals surface area (Å²) in [4.78, 5) is 16.2. The van der Waals surface area contributed by atoms with Crippen molar-refractivity contribution in [2.45, 2.75) is 20.0 Å². The van der Waals surface area contributed by atoms with Gasteiger partial charge < -0.3 is 10.6 Å². The number of rotatable bonds is 6. The van der Waals surface area contributed by atoms with E-state index >= 15 is 0 Å². The molecule has 0 saturated heterocycles. The smallest absolute Gasteiger partial charge is 0.263 e. The molecule has 1 aromatic carbocycles. The Morgan fingerprint density at radius 3 is 2.43 bits per heavy atom. The van der Waals surface area contributed by atoms with Gasteiger partial charge in [-0.2, -0.15) is 5.26 Å². The van der Waals surface area contributed by atoms with Crippen molar-refractivity contribution in [3.8, 4) is 6.07 Å². The molecule has 23 heavy (non-hydrogen) atoms. The zero-order chi connectivity index (χ0) is 16.5. The van der Waals surface area contributed by atoms with E-state index in [1.54, 1.807) is 19.3 Å². The summed E-state index contributed by atoms with van der Waals surface area (Å²) in [6, 6.07) is 15.3. The molecular weight excluding hydrogens is 288 g/mol. The number of nitriles is 1. The van der Waals surface area contributed by atoms with Gasteiger partial charge in [0.15, 0.2) is 0 Å².